The summed E-state index contributed by atoms with van der Waals surface area (Å²) in [5.74, 6) is 0.859. The van der Waals surface area contributed by atoms with Crippen LogP contribution in [0.5, 0.6) is 0 Å². The molecule has 106 valence electrons. The van der Waals surface area contributed by atoms with Crippen LogP contribution in [0.3, 0.4) is 0 Å². The Balaban J connectivity index is 2.05. The molecule has 1 aliphatic rings. The average molecular weight is 255 g/mol. The van der Waals surface area contributed by atoms with Gasteiger partial charge in [0.25, 0.3) is 0 Å². The van der Waals surface area contributed by atoms with Gasteiger partial charge in [0.05, 0.1) is 6.42 Å². The van der Waals surface area contributed by atoms with E-state index in [1.54, 1.807) is 0 Å². The summed E-state index contributed by atoms with van der Waals surface area (Å²) in [6.07, 6.45) is 11.8. The molecule has 3 nitrogen and oxygen atoms in total. The van der Waals surface area contributed by atoms with Crippen LogP contribution in [-0.2, 0) is 4.79 Å². The number of hydrogen-bond acceptors (Lipinski definition) is 2. The van der Waals surface area contributed by atoms with E-state index in [-0.39, 0.29) is 12.5 Å². The Labute approximate surface area is 111 Å². The molecule has 0 heterocycles. The van der Waals surface area contributed by atoms with Gasteiger partial charge >= 0.3 is 5.97 Å². The standard InChI is InChI=1S/C15H29NO2/c1-12(8-10-14(16)11-15(17)18)7-9-13-5-3-2-4-6-13/h12-14H,2-11,16H2,1H3,(H,17,18)/t12-,14-/m0/s1. The van der Waals surface area contributed by atoms with E-state index in [1.165, 1.54) is 44.9 Å². The van der Waals surface area contributed by atoms with Gasteiger partial charge < -0.3 is 10.8 Å². The van der Waals surface area contributed by atoms with Gasteiger partial charge in [0, 0.05) is 6.04 Å². The first-order valence-electron chi connectivity index (χ1n) is 7.55. The van der Waals surface area contributed by atoms with Crippen LogP contribution in [0.2, 0.25) is 0 Å². The zero-order valence-corrected chi connectivity index (χ0v) is 11.7. The van der Waals surface area contributed by atoms with Gasteiger partial charge in [-0.05, 0) is 24.7 Å². The molecule has 0 aliphatic heterocycles. The highest BCUT2D eigenvalue weighted by atomic mass is 16.4. The Morgan fingerprint density at radius 3 is 2.50 bits per heavy atom. The fourth-order valence-corrected chi connectivity index (χ4v) is 2.97. The molecule has 0 amide bonds. The summed E-state index contributed by atoms with van der Waals surface area (Å²) in [5.41, 5.74) is 5.78. The number of carboxylic acid groups (broad SMARTS) is 1. The van der Waals surface area contributed by atoms with Crippen LogP contribution in [0.1, 0.15) is 71.1 Å². The second-order valence-electron chi connectivity index (χ2n) is 6.12. The van der Waals surface area contributed by atoms with Crippen molar-refractivity contribution in [2.75, 3.05) is 0 Å². The molecule has 0 aromatic heterocycles. The number of nitrogens with two attached hydrogens (primary N) is 1. The molecule has 1 rings (SSSR count). The Morgan fingerprint density at radius 1 is 1.22 bits per heavy atom. The summed E-state index contributed by atoms with van der Waals surface area (Å²) in [7, 11) is 0. The van der Waals surface area contributed by atoms with E-state index in [2.05, 4.69) is 6.92 Å². The fourth-order valence-electron chi connectivity index (χ4n) is 2.97. The molecule has 0 bridgehead atoms. The second kappa shape index (κ2) is 8.52. The van der Waals surface area contributed by atoms with Crippen molar-refractivity contribution in [3.05, 3.63) is 0 Å². The summed E-state index contributed by atoms with van der Waals surface area (Å²) >= 11 is 0. The second-order valence-corrected chi connectivity index (χ2v) is 6.12. The van der Waals surface area contributed by atoms with Crippen LogP contribution >= 0.6 is 0 Å². The van der Waals surface area contributed by atoms with E-state index in [1.807, 2.05) is 0 Å². The highest BCUT2D eigenvalue weighted by molar-refractivity contribution is 5.67. The first-order chi connectivity index (χ1) is 8.58. The van der Waals surface area contributed by atoms with Crippen molar-refractivity contribution in [3.63, 3.8) is 0 Å². The van der Waals surface area contributed by atoms with Gasteiger partial charge in [-0.15, -0.1) is 0 Å². The third-order valence-electron chi connectivity index (χ3n) is 4.26. The van der Waals surface area contributed by atoms with Crippen LogP contribution in [0.25, 0.3) is 0 Å². The SMILES string of the molecule is C[C@@H](CCC1CCCCC1)CC[C@H](N)CC(=O)O. The van der Waals surface area contributed by atoms with Gasteiger partial charge in [0.15, 0.2) is 0 Å². The van der Waals surface area contributed by atoms with Crippen molar-refractivity contribution in [3.8, 4) is 0 Å². The lowest BCUT2D eigenvalue weighted by molar-refractivity contribution is -0.137. The first-order valence-corrected chi connectivity index (χ1v) is 7.55. The third-order valence-corrected chi connectivity index (χ3v) is 4.26. The Kier molecular flexibility index (Phi) is 7.33. The molecule has 0 spiro atoms. The summed E-state index contributed by atoms with van der Waals surface area (Å²) in [6.45, 7) is 2.27. The van der Waals surface area contributed by atoms with E-state index in [4.69, 9.17) is 10.8 Å². The van der Waals surface area contributed by atoms with E-state index >= 15 is 0 Å². The number of rotatable bonds is 8. The van der Waals surface area contributed by atoms with E-state index in [0.29, 0.717) is 5.92 Å². The van der Waals surface area contributed by atoms with Gasteiger partial charge in [-0.3, -0.25) is 4.79 Å². The molecule has 0 unspecified atom stereocenters. The highest BCUT2D eigenvalue weighted by Crippen LogP contribution is 2.29. The molecule has 0 radical (unpaired) electrons. The molecule has 18 heavy (non-hydrogen) atoms. The molecule has 1 fully saturated rings. The molecule has 0 saturated heterocycles. The van der Waals surface area contributed by atoms with Crippen LogP contribution in [-0.4, -0.2) is 17.1 Å². The Morgan fingerprint density at radius 2 is 1.89 bits per heavy atom. The van der Waals surface area contributed by atoms with Crippen molar-refractivity contribution in [2.45, 2.75) is 77.2 Å². The van der Waals surface area contributed by atoms with Crippen LogP contribution in [0.4, 0.5) is 0 Å². The maximum Gasteiger partial charge on any atom is 0.304 e. The van der Waals surface area contributed by atoms with Crippen LogP contribution < -0.4 is 5.73 Å². The lowest BCUT2D eigenvalue weighted by Crippen LogP contribution is -2.24. The normalized spacial score (nSPS) is 20.6. The zero-order valence-electron chi connectivity index (χ0n) is 11.7. The average Bonchev–Trinajstić information content (AvgIpc) is 2.34. The monoisotopic (exact) mass is 255 g/mol. The van der Waals surface area contributed by atoms with E-state index in [9.17, 15) is 4.79 Å². The lowest BCUT2D eigenvalue weighted by atomic mass is 9.83. The molecule has 1 aliphatic carbocycles. The van der Waals surface area contributed by atoms with Crippen molar-refractivity contribution in [1.82, 2.24) is 0 Å². The quantitative estimate of drug-likeness (QED) is 0.697. The molecule has 0 aromatic carbocycles. The van der Waals surface area contributed by atoms with Crippen molar-refractivity contribution in [1.29, 1.82) is 0 Å². The van der Waals surface area contributed by atoms with Gasteiger partial charge in [0.1, 0.15) is 0 Å². The van der Waals surface area contributed by atoms with Crippen LogP contribution in [0, 0.1) is 11.8 Å². The molecule has 3 N–H and O–H groups in total. The molecule has 2 atom stereocenters. The number of aliphatic carboxylic acids is 1. The Hall–Kier alpha value is -0.570. The third kappa shape index (κ3) is 7.00. The van der Waals surface area contributed by atoms with Crippen LogP contribution in [0.15, 0.2) is 0 Å². The summed E-state index contributed by atoms with van der Waals surface area (Å²) in [6, 6.07) is -0.167. The largest absolute Gasteiger partial charge is 0.481 e. The van der Waals surface area contributed by atoms with Crippen molar-refractivity contribution >= 4 is 5.97 Å². The minimum atomic E-state index is -0.780. The van der Waals surface area contributed by atoms with Gasteiger partial charge in [0.2, 0.25) is 0 Å². The number of hydrogen-bond donors (Lipinski definition) is 2. The minimum Gasteiger partial charge on any atom is -0.481 e. The molecule has 1 saturated carbocycles. The first kappa shape index (κ1) is 15.5. The van der Waals surface area contributed by atoms with Gasteiger partial charge in [-0.25, -0.2) is 0 Å². The summed E-state index contributed by atoms with van der Waals surface area (Å²) in [5, 5.41) is 8.64. The summed E-state index contributed by atoms with van der Waals surface area (Å²) < 4.78 is 0. The molecule has 0 aromatic rings. The molecular weight excluding hydrogens is 226 g/mol. The highest BCUT2D eigenvalue weighted by Gasteiger charge is 2.15. The van der Waals surface area contributed by atoms with Crippen molar-refractivity contribution < 1.29 is 9.90 Å². The topological polar surface area (TPSA) is 63.3 Å². The summed E-state index contributed by atoms with van der Waals surface area (Å²) in [4.78, 5) is 10.5. The van der Waals surface area contributed by atoms with Gasteiger partial charge in [-0.1, -0.05) is 51.9 Å². The predicted octanol–water partition coefficient (Wildman–Crippen LogP) is 3.57. The predicted molar refractivity (Wildman–Crippen MR) is 74.4 cm³/mol. The lowest BCUT2D eigenvalue weighted by Gasteiger charge is -2.23. The maximum absolute atomic E-state index is 10.5. The maximum atomic E-state index is 10.5. The minimum absolute atomic E-state index is 0.106. The molecular formula is C15H29NO2. The van der Waals surface area contributed by atoms with Crippen molar-refractivity contribution in [2.24, 2.45) is 17.6 Å². The zero-order chi connectivity index (χ0) is 13.4. The van der Waals surface area contributed by atoms with E-state index in [0.717, 1.165) is 18.8 Å². The number of carboxylic acids is 1. The number of carbonyl (C=O) groups is 1. The van der Waals surface area contributed by atoms with E-state index < -0.39 is 5.97 Å². The molecule has 3 heteroatoms. The smallest absolute Gasteiger partial charge is 0.304 e. The Bertz CT molecular complexity index is 237. The van der Waals surface area contributed by atoms with Gasteiger partial charge in [-0.2, -0.15) is 0 Å². The fraction of sp³-hybridized carbons (Fsp3) is 0.933.